The summed E-state index contributed by atoms with van der Waals surface area (Å²) in [6.45, 7) is 4.69. The molecule has 0 radical (unpaired) electrons. The molecule has 1 saturated heterocycles. The lowest BCUT2D eigenvalue weighted by Gasteiger charge is -2.33. The maximum absolute atomic E-state index is 13.0. The molecule has 2 amide bonds. The number of urea groups is 1. The van der Waals surface area contributed by atoms with Crippen LogP contribution in [0.1, 0.15) is 56.8 Å². The number of piperidine rings is 1. The van der Waals surface area contributed by atoms with Gasteiger partial charge in [0.1, 0.15) is 18.7 Å². The van der Waals surface area contributed by atoms with Gasteiger partial charge in [0.05, 0.1) is 5.69 Å². The second-order valence-corrected chi connectivity index (χ2v) is 7.20. The predicted octanol–water partition coefficient (Wildman–Crippen LogP) is 3.53. The van der Waals surface area contributed by atoms with Gasteiger partial charge in [-0.2, -0.15) is 4.98 Å². The normalized spacial score (nSPS) is 17.1. The van der Waals surface area contributed by atoms with Crippen LogP contribution in [0.3, 0.4) is 0 Å². The van der Waals surface area contributed by atoms with E-state index in [0.717, 1.165) is 24.9 Å². The Morgan fingerprint density at radius 3 is 2.82 bits per heavy atom. The molecular weight excluding hydrogens is 358 g/mol. The third-order valence-electron chi connectivity index (χ3n) is 4.84. The van der Waals surface area contributed by atoms with Gasteiger partial charge in [-0.05, 0) is 37.5 Å². The molecule has 0 unspecified atom stereocenters. The first-order valence-electron chi connectivity index (χ1n) is 9.48. The van der Waals surface area contributed by atoms with Crippen molar-refractivity contribution in [3.8, 4) is 5.69 Å². The van der Waals surface area contributed by atoms with Crippen molar-refractivity contribution in [1.29, 1.82) is 0 Å². The molecule has 3 aromatic rings. The standard InChI is InChI=1S/C19H23N7O2/c1-13(2)17-23-18(28-24-17)16-8-3-4-9-26(16)19(27)22-14-6-5-7-15(10-14)25-11-20-21-12-25/h5-7,10-13,16H,3-4,8-9H2,1-2H3,(H,22,27)/t16-/m1/s1. The smallest absolute Gasteiger partial charge is 0.322 e. The third-order valence-corrected chi connectivity index (χ3v) is 4.84. The molecular formula is C19H23N7O2. The highest BCUT2D eigenvalue weighted by molar-refractivity contribution is 5.90. The van der Waals surface area contributed by atoms with Gasteiger partial charge in [-0.3, -0.25) is 4.57 Å². The van der Waals surface area contributed by atoms with Crippen LogP contribution in [0.4, 0.5) is 10.5 Å². The number of nitrogens with one attached hydrogen (secondary N) is 1. The fraction of sp³-hybridized carbons (Fsp3) is 0.421. The Hall–Kier alpha value is -3.23. The molecule has 1 aromatic carbocycles. The van der Waals surface area contributed by atoms with E-state index in [4.69, 9.17) is 4.52 Å². The van der Waals surface area contributed by atoms with Gasteiger partial charge in [0, 0.05) is 18.2 Å². The molecule has 9 heteroatoms. The number of amides is 2. The molecule has 2 aromatic heterocycles. The summed E-state index contributed by atoms with van der Waals surface area (Å²) in [5, 5.41) is 14.7. The lowest BCUT2D eigenvalue weighted by atomic mass is 10.0. The van der Waals surface area contributed by atoms with Crippen molar-refractivity contribution in [2.24, 2.45) is 0 Å². The highest BCUT2D eigenvalue weighted by Crippen LogP contribution is 2.31. The number of carbonyl (C=O) groups excluding carboxylic acids is 1. The molecule has 0 saturated carbocycles. The molecule has 1 aliphatic rings. The average molecular weight is 381 g/mol. The molecule has 1 N–H and O–H groups in total. The monoisotopic (exact) mass is 381 g/mol. The van der Waals surface area contributed by atoms with Gasteiger partial charge in [-0.15, -0.1) is 10.2 Å². The summed E-state index contributed by atoms with van der Waals surface area (Å²) < 4.78 is 7.25. The number of benzene rings is 1. The fourth-order valence-electron chi connectivity index (χ4n) is 3.32. The van der Waals surface area contributed by atoms with Crippen molar-refractivity contribution in [2.75, 3.05) is 11.9 Å². The van der Waals surface area contributed by atoms with Gasteiger partial charge >= 0.3 is 6.03 Å². The van der Waals surface area contributed by atoms with Crippen LogP contribution in [0.25, 0.3) is 5.69 Å². The molecule has 0 spiro atoms. The zero-order valence-electron chi connectivity index (χ0n) is 15.9. The van der Waals surface area contributed by atoms with Crippen LogP contribution in [0.2, 0.25) is 0 Å². The number of likely N-dealkylation sites (tertiary alicyclic amines) is 1. The molecule has 0 aliphatic carbocycles. The first-order valence-corrected chi connectivity index (χ1v) is 9.48. The molecule has 0 bridgehead atoms. The molecule has 1 aliphatic heterocycles. The van der Waals surface area contributed by atoms with Gasteiger partial charge in [0.15, 0.2) is 5.82 Å². The van der Waals surface area contributed by atoms with Crippen LogP contribution in [-0.4, -0.2) is 42.4 Å². The zero-order valence-corrected chi connectivity index (χ0v) is 15.9. The minimum Gasteiger partial charge on any atom is -0.337 e. The van der Waals surface area contributed by atoms with Crippen molar-refractivity contribution >= 4 is 11.7 Å². The van der Waals surface area contributed by atoms with E-state index in [2.05, 4.69) is 25.7 Å². The van der Waals surface area contributed by atoms with Crippen molar-refractivity contribution in [2.45, 2.75) is 45.1 Å². The summed E-state index contributed by atoms with van der Waals surface area (Å²) in [5.41, 5.74) is 1.57. The van der Waals surface area contributed by atoms with Gasteiger partial charge in [-0.1, -0.05) is 25.1 Å². The minimum absolute atomic E-state index is 0.171. The number of anilines is 1. The highest BCUT2D eigenvalue weighted by Gasteiger charge is 2.32. The van der Waals surface area contributed by atoms with Crippen LogP contribution in [-0.2, 0) is 0 Å². The number of aromatic nitrogens is 5. The highest BCUT2D eigenvalue weighted by atomic mass is 16.5. The van der Waals surface area contributed by atoms with E-state index in [1.807, 2.05) is 38.1 Å². The number of hydrogen-bond donors (Lipinski definition) is 1. The Balaban J connectivity index is 1.51. The number of rotatable bonds is 4. The summed E-state index contributed by atoms with van der Waals surface area (Å²) >= 11 is 0. The van der Waals surface area contributed by atoms with Gasteiger partial charge in [-0.25, -0.2) is 4.79 Å². The Morgan fingerprint density at radius 1 is 1.25 bits per heavy atom. The molecule has 28 heavy (non-hydrogen) atoms. The molecule has 9 nitrogen and oxygen atoms in total. The van der Waals surface area contributed by atoms with E-state index in [0.29, 0.717) is 23.9 Å². The Kier molecular flexibility index (Phi) is 5.05. The van der Waals surface area contributed by atoms with E-state index in [-0.39, 0.29) is 18.0 Å². The quantitative estimate of drug-likeness (QED) is 0.742. The second kappa shape index (κ2) is 7.79. The first-order chi connectivity index (χ1) is 13.6. The van der Waals surface area contributed by atoms with Gasteiger partial charge in [0.25, 0.3) is 0 Å². The largest absolute Gasteiger partial charge is 0.337 e. The number of nitrogens with zero attached hydrogens (tertiary/aromatic N) is 6. The number of carbonyl (C=O) groups is 1. The SMILES string of the molecule is CC(C)c1noc([C@H]2CCCCN2C(=O)Nc2cccc(-n3cnnc3)c2)n1. The molecule has 3 heterocycles. The second-order valence-electron chi connectivity index (χ2n) is 7.20. The Bertz CT molecular complexity index is 935. The van der Waals surface area contributed by atoms with Crippen molar-refractivity contribution in [1.82, 2.24) is 29.8 Å². The average Bonchev–Trinajstić information content (AvgIpc) is 3.40. The lowest BCUT2D eigenvalue weighted by molar-refractivity contribution is 0.142. The van der Waals surface area contributed by atoms with Crippen LogP contribution in [0, 0.1) is 0 Å². The van der Waals surface area contributed by atoms with E-state index in [1.54, 1.807) is 22.1 Å². The summed E-state index contributed by atoms with van der Waals surface area (Å²) in [7, 11) is 0. The summed E-state index contributed by atoms with van der Waals surface area (Å²) in [4.78, 5) is 19.3. The first kappa shape index (κ1) is 18.1. The molecule has 1 atom stereocenters. The zero-order chi connectivity index (χ0) is 19.5. The summed E-state index contributed by atoms with van der Waals surface area (Å²) in [6.07, 6.45) is 6.02. The predicted molar refractivity (Wildman–Crippen MR) is 102 cm³/mol. The molecule has 4 rings (SSSR count). The third kappa shape index (κ3) is 3.73. The summed E-state index contributed by atoms with van der Waals surface area (Å²) in [6, 6.07) is 7.17. The molecule has 146 valence electrons. The van der Waals surface area contributed by atoms with Crippen molar-refractivity contribution < 1.29 is 9.32 Å². The van der Waals surface area contributed by atoms with E-state index in [1.165, 1.54) is 0 Å². The van der Waals surface area contributed by atoms with E-state index >= 15 is 0 Å². The number of hydrogen-bond acceptors (Lipinski definition) is 6. The van der Waals surface area contributed by atoms with Crippen LogP contribution >= 0.6 is 0 Å². The Labute approximate surface area is 162 Å². The Morgan fingerprint density at radius 2 is 2.07 bits per heavy atom. The van der Waals surface area contributed by atoms with Crippen LogP contribution in [0.5, 0.6) is 0 Å². The topological polar surface area (TPSA) is 102 Å². The summed E-state index contributed by atoms with van der Waals surface area (Å²) in [5.74, 6) is 1.36. The molecule has 1 fully saturated rings. The maximum atomic E-state index is 13.0. The van der Waals surface area contributed by atoms with Crippen molar-refractivity contribution in [3.05, 3.63) is 48.6 Å². The maximum Gasteiger partial charge on any atom is 0.322 e. The van der Waals surface area contributed by atoms with Crippen LogP contribution < -0.4 is 5.32 Å². The van der Waals surface area contributed by atoms with Crippen molar-refractivity contribution in [3.63, 3.8) is 0 Å². The van der Waals surface area contributed by atoms with E-state index in [9.17, 15) is 4.79 Å². The van der Waals surface area contributed by atoms with Crippen LogP contribution in [0.15, 0.2) is 41.4 Å². The van der Waals surface area contributed by atoms with Gasteiger partial charge in [0.2, 0.25) is 5.89 Å². The fourth-order valence-corrected chi connectivity index (χ4v) is 3.32. The minimum atomic E-state index is -0.199. The lowest BCUT2D eigenvalue weighted by Crippen LogP contribution is -2.41. The van der Waals surface area contributed by atoms with E-state index < -0.39 is 0 Å². The van der Waals surface area contributed by atoms with Gasteiger partial charge < -0.3 is 14.7 Å².